The highest BCUT2D eigenvalue weighted by Gasteiger charge is 2.16. The summed E-state index contributed by atoms with van der Waals surface area (Å²) in [6, 6.07) is 5.68. The van der Waals surface area contributed by atoms with Crippen LogP contribution in [0.4, 0.5) is 5.69 Å². The van der Waals surface area contributed by atoms with E-state index in [0.717, 1.165) is 17.7 Å². The average Bonchev–Trinajstić information content (AvgIpc) is 2.45. The fourth-order valence-corrected chi connectivity index (χ4v) is 2.11. The summed E-state index contributed by atoms with van der Waals surface area (Å²) in [6.45, 7) is 2.24. The number of esters is 1. The summed E-state index contributed by atoms with van der Waals surface area (Å²) in [5, 5.41) is 2.83. The molecule has 1 aliphatic rings. The van der Waals surface area contributed by atoms with Crippen LogP contribution in [0.3, 0.4) is 0 Å². The predicted molar refractivity (Wildman–Crippen MR) is 74.7 cm³/mol. The summed E-state index contributed by atoms with van der Waals surface area (Å²) in [6.07, 6.45) is 1.89. The van der Waals surface area contributed by atoms with Gasteiger partial charge < -0.3 is 14.8 Å². The van der Waals surface area contributed by atoms with Crippen LogP contribution in [0.15, 0.2) is 18.2 Å². The van der Waals surface area contributed by atoms with Gasteiger partial charge in [0.1, 0.15) is 5.75 Å². The third-order valence-electron chi connectivity index (χ3n) is 3.40. The topological polar surface area (TPSA) is 64.6 Å². The number of ether oxygens (including phenoxy) is 2. The highest BCUT2D eigenvalue weighted by molar-refractivity contribution is 5.94. The average molecular weight is 277 g/mol. The lowest BCUT2D eigenvalue weighted by Gasteiger charge is -2.18. The van der Waals surface area contributed by atoms with Crippen LogP contribution < -0.4 is 10.1 Å². The second-order valence-corrected chi connectivity index (χ2v) is 4.93. The Labute approximate surface area is 118 Å². The minimum atomic E-state index is -0.230. The molecule has 1 aromatic carbocycles. The largest absolute Gasteiger partial charge is 0.493 e. The van der Waals surface area contributed by atoms with Gasteiger partial charge in [0.2, 0.25) is 5.91 Å². The smallest absolute Gasteiger partial charge is 0.308 e. The van der Waals surface area contributed by atoms with Crippen LogP contribution in [0.1, 0.15) is 25.3 Å². The molecular formula is C15H19NO4. The van der Waals surface area contributed by atoms with Gasteiger partial charge in [0.05, 0.1) is 19.6 Å². The van der Waals surface area contributed by atoms with Gasteiger partial charge in [-0.15, -0.1) is 0 Å². The summed E-state index contributed by atoms with van der Waals surface area (Å²) >= 11 is 0. The lowest BCUT2D eigenvalue weighted by Crippen LogP contribution is -2.19. The zero-order valence-electron chi connectivity index (χ0n) is 11.8. The number of carbonyl (C=O) groups is 2. The highest BCUT2D eigenvalue weighted by Crippen LogP contribution is 2.27. The number of amides is 1. The molecule has 0 fully saturated rings. The number of benzene rings is 1. The van der Waals surface area contributed by atoms with Crippen LogP contribution in [0.2, 0.25) is 0 Å². The second-order valence-electron chi connectivity index (χ2n) is 4.93. The standard InChI is InChI=1S/C15H19NO4/c1-10(15(18)19-2)7-8-20-12-5-3-11-4-6-14(17)16-13(11)9-12/h3,5,9-10H,4,6-8H2,1-2H3,(H,16,17)/t10-/m0/s1. The molecule has 0 bridgehead atoms. The molecule has 5 nitrogen and oxygen atoms in total. The Morgan fingerprint density at radius 1 is 1.40 bits per heavy atom. The number of nitrogens with one attached hydrogen (secondary N) is 1. The first-order chi connectivity index (χ1) is 9.60. The summed E-state index contributed by atoms with van der Waals surface area (Å²) in [4.78, 5) is 22.6. The first-order valence-electron chi connectivity index (χ1n) is 6.73. The van der Waals surface area contributed by atoms with Crippen LogP contribution in [0, 0.1) is 5.92 Å². The van der Waals surface area contributed by atoms with Gasteiger partial charge in [-0.25, -0.2) is 0 Å². The number of carbonyl (C=O) groups excluding carboxylic acids is 2. The number of hydrogen-bond donors (Lipinski definition) is 1. The maximum Gasteiger partial charge on any atom is 0.308 e. The summed E-state index contributed by atoms with van der Waals surface area (Å²) in [5.74, 6) is 0.320. The van der Waals surface area contributed by atoms with E-state index in [9.17, 15) is 9.59 Å². The van der Waals surface area contributed by atoms with Crippen molar-refractivity contribution < 1.29 is 19.1 Å². The van der Waals surface area contributed by atoms with Crippen molar-refractivity contribution in [2.75, 3.05) is 19.0 Å². The summed E-state index contributed by atoms with van der Waals surface area (Å²) in [7, 11) is 1.38. The van der Waals surface area contributed by atoms with Gasteiger partial charge in [-0.3, -0.25) is 9.59 Å². The molecule has 0 saturated carbocycles. The molecule has 1 heterocycles. The number of hydrogen-bond acceptors (Lipinski definition) is 4. The molecule has 20 heavy (non-hydrogen) atoms. The first kappa shape index (κ1) is 14.4. The predicted octanol–water partition coefficient (Wildman–Crippen LogP) is 2.15. The van der Waals surface area contributed by atoms with Gasteiger partial charge >= 0.3 is 5.97 Å². The van der Waals surface area contributed by atoms with Crippen molar-refractivity contribution in [1.82, 2.24) is 0 Å². The van der Waals surface area contributed by atoms with E-state index in [1.165, 1.54) is 7.11 Å². The van der Waals surface area contributed by atoms with Gasteiger partial charge in [-0.1, -0.05) is 13.0 Å². The Morgan fingerprint density at radius 2 is 2.20 bits per heavy atom. The monoisotopic (exact) mass is 277 g/mol. The minimum absolute atomic E-state index is 0.0361. The Balaban J connectivity index is 1.89. The molecular weight excluding hydrogens is 258 g/mol. The molecule has 0 aromatic heterocycles. The second kappa shape index (κ2) is 6.41. The van der Waals surface area contributed by atoms with E-state index < -0.39 is 0 Å². The van der Waals surface area contributed by atoms with Crippen molar-refractivity contribution in [3.8, 4) is 5.75 Å². The van der Waals surface area contributed by atoms with Gasteiger partial charge in [-0.05, 0) is 24.5 Å². The third-order valence-corrected chi connectivity index (χ3v) is 3.40. The first-order valence-corrected chi connectivity index (χ1v) is 6.73. The maximum absolute atomic E-state index is 11.3. The Morgan fingerprint density at radius 3 is 2.95 bits per heavy atom. The van der Waals surface area contributed by atoms with Crippen LogP contribution in [-0.2, 0) is 20.7 Å². The van der Waals surface area contributed by atoms with Crippen molar-refractivity contribution in [2.45, 2.75) is 26.2 Å². The summed E-state index contributed by atoms with van der Waals surface area (Å²) < 4.78 is 10.3. The van der Waals surface area contributed by atoms with E-state index in [-0.39, 0.29) is 17.8 Å². The van der Waals surface area contributed by atoms with Crippen LogP contribution in [0.5, 0.6) is 5.75 Å². The molecule has 1 amide bonds. The third kappa shape index (κ3) is 3.50. The molecule has 5 heteroatoms. The molecule has 108 valence electrons. The van der Waals surface area contributed by atoms with E-state index in [4.69, 9.17) is 4.74 Å². The molecule has 1 aliphatic heterocycles. The van der Waals surface area contributed by atoms with Crippen molar-refractivity contribution >= 4 is 17.6 Å². The van der Waals surface area contributed by atoms with Crippen LogP contribution >= 0.6 is 0 Å². The maximum atomic E-state index is 11.3. The van der Waals surface area contributed by atoms with E-state index in [2.05, 4.69) is 10.1 Å². The van der Waals surface area contributed by atoms with Crippen molar-refractivity contribution in [3.63, 3.8) is 0 Å². The molecule has 1 atom stereocenters. The van der Waals surface area contributed by atoms with Crippen molar-refractivity contribution in [2.24, 2.45) is 5.92 Å². The van der Waals surface area contributed by atoms with E-state index >= 15 is 0 Å². The molecule has 1 N–H and O–H groups in total. The quantitative estimate of drug-likeness (QED) is 0.838. The normalized spacial score (nSPS) is 15.0. The number of methoxy groups -OCH3 is 1. The molecule has 0 radical (unpaired) electrons. The Hall–Kier alpha value is -2.04. The minimum Gasteiger partial charge on any atom is -0.493 e. The SMILES string of the molecule is COC(=O)[C@@H](C)CCOc1ccc2c(c1)NC(=O)CC2. The fourth-order valence-electron chi connectivity index (χ4n) is 2.11. The van der Waals surface area contributed by atoms with Gasteiger partial charge in [0.25, 0.3) is 0 Å². The zero-order chi connectivity index (χ0) is 14.5. The molecule has 0 saturated heterocycles. The van der Waals surface area contributed by atoms with E-state index in [1.807, 2.05) is 25.1 Å². The lowest BCUT2D eigenvalue weighted by molar-refractivity contribution is -0.145. The highest BCUT2D eigenvalue weighted by atomic mass is 16.5. The molecule has 0 aliphatic carbocycles. The number of rotatable bonds is 5. The number of aryl methyl sites for hydroxylation is 1. The van der Waals surface area contributed by atoms with Crippen LogP contribution in [0.25, 0.3) is 0 Å². The van der Waals surface area contributed by atoms with Crippen molar-refractivity contribution in [3.05, 3.63) is 23.8 Å². The zero-order valence-corrected chi connectivity index (χ0v) is 11.8. The van der Waals surface area contributed by atoms with Gasteiger partial charge in [-0.2, -0.15) is 0 Å². The van der Waals surface area contributed by atoms with Crippen LogP contribution in [-0.4, -0.2) is 25.6 Å². The number of anilines is 1. The molecule has 1 aromatic rings. The van der Waals surface area contributed by atoms with E-state index in [0.29, 0.717) is 25.2 Å². The molecule has 2 rings (SSSR count). The van der Waals surface area contributed by atoms with Crippen molar-refractivity contribution in [1.29, 1.82) is 0 Å². The number of fused-ring (bicyclic) bond motifs is 1. The summed E-state index contributed by atoms with van der Waals surface area (Å²) in [5.41, 5.74) is 1.94. The van der Waals surface area contributed by atoms with E-state index in [1.54, 1.807) is 0 Å². The Kier molecular flexibility index (Phi) is 4.61. The Bertz CT molecular complexity index is 513. The fraction of sp³-hybridized carbons (Fsp3) is 0.467. The molecule has 0 spiro atoms. The van der Waals surface area contributed by atoms with Gasteiger partial charge in [0, 0.05) is 18.2 Å². The van der Waals surface area contributed by atoms with Gasteiger partial charge in [0.15, 0.2) is 0 Å². The lowest BCUT2D eigenvalue weighted by atomic mass is 10.0. The molecule has 0 unspecified atom stereocenters.